The average molecular weight is 404 g/mol. The highest BCUT2D eigenvalue weighted by Crippen LogP contribution is 2.30. The van der Waals surface area contributed by atoms with E-state index in [9.17, 15) is 9.59 Å². The second-order valence-electron chi connectivity index (χ2n) is 4.32. The van der Waals surface area contributed by atoms with Gasteiger partial charge in [-0.25, -0.2) is 0 Å². The van der Waals surface area contributed by atoms with Gasteiger partial charge in [-0.15, -0.1) is 11.3 Å². The van der Waals surface area contributed by atoms with E-state index >= 15 is 0 Å². The maximum absolute atomic E-state index is 11.1. The summed E-state index contributed by atoms with van der Waals surface area (Å²) in [6.07, 6.45) is 1.07. The molecule has 0 spiro atoms. The number of carbonyl (C=O) groups excluding carboxylic acids is 3. The van der Waals surface area contributed by atoms with E-state index < -0.39 is 0 Å². The lowest BCUT2D eigenvalue weighted by atomic mass is 10.1. The van der Waals surface area contributed by atoms with Crippen LogP contribution in [-0.2, 0) is 20.7 Å². The molecule has 0 saturated heterocycles. The fourth-order valence-corrected chi connectivity index (χ4v) is 2.80. The average Bonchev–Trinajstić information content (AvgIpc) is 2.96. The Bertz CT molecular complexity index is 640. The molecule has 1 aromatic carbocycles. The van der Waals surface area contributed by atoms with Crippen LogP contribution >= 0.6 is 34.5 Å². The molecule has 8 heteroatoms. The van der Waals surface area contributed by atoms with Crippen LogP contribution in [0.2, 0.25) is 9.36 Å². The minimum absolute atomic E-state index is 0.176. The number of nitrogens with one attached hydrogen (secondary N) is 1. The molecule has 1 aromatic heterocycles. The summed E-state index contributed by atoms with van der Waals surface area (Å²) in [6.45, 7) is 4.25. The van der Waals surface area contributed by atoms with E-state index in [0.717, 1.165) is 17.5 Å². The summed E-state index contributed by atoms with van der Waals surface area (Å²) in [5, 5.41) is 3.46. The number of anilines is 1. The van der Waals surface area contributed by atoms with Gasteiger partial charge in [-0.1, -0.05) is 35.3 Å². The van der Waals surface area contributed by atoms with Gasteiger partial charge >= 0.3 is 5.97 Å². The van der Waals surface area contributed by atoms with Crippen molar-refractivity contribution in [2.24, 2.45) is 0 Å². The molecule has 0 unspecified atom stereocenters. The Morgan fingerprint density at radius 3 is 2.24 bits per heavy atom. The van der Waals surface area contributed by atoms with Crippen LogP contribution in [0.15, 0.2) is 30.3 Å². The van der Waals surface area contributed by atoms with Gasteiger partial charge in [0.25, 0.3) is 0 Å². The van der Waals surface area contributed by atoms with E-state index in [-0.39, 0.29) is 5.97 Å². The minimum Gasteiger partial charge on any atom is -0.466 e. The lowest BCUT2D eigenvalue weighted by Crippen LogP contribution is -2.07. The maximum Gasteiger partial charge on any atom is 0.310 e. The number of rotatable bonds is 5. The topological polar surface area (TPSA) is 72.5 Å². The molecule has 0 radical (unpaired) electrons. The van der Waals surface area contributed by atoms with E-state index in [0.29, 0.717) is 27.3 Å². The number of benzene rings is 1. The molecule has 136 valence electrons. The van der Waals surface area contributed by atoms with Gasteiger partial charge < -0.3 is 14.8 Å². The van der Waals surface area contributed by atoms with Crippen molar-refractivity contribution in [1.29, 1.82) is 0 Å². The number of aldehydes is 1. The molecule has 1 heterocycles. The number of halogens is 2. The molecule has 0 aliphatic carbocycles. The molecule has 5 nitrogen and oxygen atoms in total. The van der Waals surface area contributed by atoms with Crippen LogP contribution in [0.4, 0.5) is 5.69 Å². The maximum atomic E-state index is 11.1. The molecular weight excluding hydrogens is 385 g/mol. The number of hydrogen-bond acceptors (Lipinski definition) is 6. The predicted molar refractivity (Wildman–Crippen MR) is 103 cm³/mol. The van der Waals surface area contributed by atoms with Crippen LogP contribution in [0.1, 0.15) is 22.2 Å². The molecule has 0 atom stereocenters. The highest BCUT2D eigenvalue weighted by Gasteiger charge is 2.03. The van der Waals surface area contributed by atoms with Crippen molar-refractivity contribution in [3.63, 3.8) is 0 Å². The Kier molecular flexibility index (Phi) is 12.4. The first-order valence-electron chi connectivity index (χ1n) is 7.11. The number of hydrogen-bond donors (Lipinski definition) is 1. The molecular formula is C17H19Cl2NO4S. The minimum atomic E-state index is -0.176. The van der Waals surface area contributed by atoms with Crippen molar-refractivity contribution in [1.82, 2.24) is 0 Å². The first-order chi connectivity index (χ1) is 12.0. The van der Waals surface area contributed by atoms with Gasteiger partial charge in [0.1, 0.15) is 11.1 Å². The highest BCUT2D eigenvalue weighted by atomic mass is 35.5. The summed E-state index contributed by atoms with van der Waals surface area (Å²) in [4.78, 5) is 29.8. The van der Waals surface area contributed by atoms with Crippen LogP contribution in [0.5, 0.6) is 0 Å². The van der Waals surface area contributed by atoms with Crippen LogP contribution in [-0.4, -0.2) is 32.7 Å². The Hall–Kier alpha value is -1.89. The lowest BCUT2D eigenvalue weighted by Gasteiger charge is -2.03. The normalized spacial score (nSPS) is 8.96. The molecule has 1 N–H and O–H groups in total. The lowest BCUT2D eigenvalue weighted by molar-refractivity contribution is -0.142. The fourth-order valence-electron chi connectivity index (χ4n) is 1.59. The highest BCUT2D eigenvalue weighted by molar-refractivity contribution is 7.18. The summed E-state index contributed by atoms with van der Waals surface area (Å²) in [6, 6.07) is 9.26. The summed E-state index contributed by atoms with van der Waals surface area (Å²) < 4.78 is 5.32. The molecule has 0 saturated carbocycles. The number of esters is 1. The Labute approximate surface area is 160 Å². The summed E-state index contributed by atoms with van der Waals surface area (Å²) in [5.74, 6) is -0.176. The number of carbonyl (C=O) groups is 3. The summed E-state index contributed by atoms with van der Waals surface area (Å²) >= 11 is 12.2. The zero-order valence-corrected chi connectivity index (χ0v) is 16.2. The quantitative estimate of drug-likeness (QED) is 0.586. The van der Waals surface area contributed by atoms with Gasteiger partial charge in [0, 0.05) is 12.7 Å². The Morgan fingerprint density at radius 2 is 1.88 bits per heavy atom. The zero-order chi connectivity index (χ0) is 19.2. The molecule has 2 rings (SSSR count). The first kappa shape index (κ1) is 23.1. The zero-order valence-electron chi connectivity index (χ0n) is 13.9. The summed E-state index contributed by atoms with van der Waals surface area (Å²) in [7, 11) is 1.86. The summed E-state index contributed by atoms with van der Waals surface area (Å²) in [5.41, 5.74) is 2.01. The van der Waals surface area contributed by atoms with E-state index in [4.69, 9.17) is 32.7 Å². The molecule has 0 bridgehead atoms. The molecule has 25 heavy (non-hydrogen) atoms. The Balaban J connectivity index is 0.000000451. The van der Waals surface area contributed by atoms with E-state index in [2.05, 4.69) is 5.32 Å². The van der Waals surface area contributed by atoms with Crippen LogP contribution < -0.4 is 5.32 Å². The van der Waals surface area contributed by atoms with E-state index in [1.54, 1.807) is 6.07 Å². The molecule has 2 aromatic rings. The van der Waals surface area contributed by atoms with E-state index in [1.807, 2.05) is 45.0 Å². The smallest absolute Gasteiger partial charge is 0.310 e. The van der Waals surface area contributed by atoms with Crippen molar-refractivity contribution in [2.75, 3.05) is 19.0 Å². The molecule has 0 aliphatic rings. The van der Waals surface area contributed by atoms with Crippen LogP contribution in [0.3, 0.4) is 0 Å². The number of ether oxygens (including phenoxy) is 1. The largest absolute Gasteiger partial charge is 0.466 e. The Morgan fingerprint density at radius 1 is 1.28 bits per heavy atom. The van der Waals surface area contributed by atoms with Crippen molar-refractivity contribution in [3.8, 4) is 0 Å². The third kappa shape index (κ3) is 9.24. The number of thiophene rings is 1. The first-order valence-corrected chi connectivity index (χ1v) is 8.68. The van der Waals surface area contributed by atoms with Gasteiger partial charge in [0.05, 0.1) is 22.9 Å². The van der Waals surface area contributed by atoms with Crippen molar-refractivity contribution < 1.29 is 19.1 Å². The molecule has 0 fully saturated rings. The monoisotopic (exact) mass is 403 g/mol. The van der Waals surface area contributed by atoms with E-state index in [1.165, 1.54) is 11.3 Å². The van der Waals surface area contributed by atoms with Crippen LogP contribution in [0, 0.1) is 0 Å². The SMILES string of the molecule is C=O.CCOC(=O)Cc1ccc(NC)cc1.O=Cc1cc(Cl)c(Cl)s1. The van der Waals surface area contributed by atoms with Crippen molar-refractivity contribution in [3.05, 3.63) is 50.1 Å². The van der Waals surface area contributed by atoms with Crippen molar-refractivity contribution >= 4 is 59.3 Å². The molecule has 0 amide bonds. The third-order valence-electron chi connectivity index (χ3n) is 2.68. The van der Waals surface area contributed by atoms with Gasteiger partial charge in [-0.2, -0.15) is 0 Å². The standard InChI is InChI=1S/C11H15NO2.C5H2Cl2OS.CH2O/c1-3-14-11(13)8-9-4-6-10(12-2)7-5-9;6-4-1-3(2-8)9-5(4)7;1-2/h4-7,12H,3,8H2,1-2H3;1-2H;1H2. The van der Waals surface area contributed by atoms with Gasteiger partial charge in [0.2, 0.25) is 0 Å². The molecule has 0 aliphatic heterocycles. The van der Waals surface area contributed by atoms with Crippen LogP contribution in [0.25, 0.3) is 0 Å². The van der Waals surface area contributed by atoms with Gasteiger partial charge in [-0.3, -0.25) is 9.59 Å². The van der Waals surface area contributed by atoms with Gasteiger partial charge in [0.15, 0.2) is 6.29 Å². The predicted octanol–water partition coefficient (Wildman–Crippen LogP) is 4.52. The fraction of sp³-hybridized carbons (Fsp3) is 0.235. The third-order valence-corrected chi connectivity index (χ3v) is 4.47. The second kappa shape index (κ2) is 13.4. The van der Waals surface area contributed by atoms with Crippen molar-refractivity contribution in [2.45, 2.75) is 13.3 Å². The second-order valence-corrected chi connectivity index (χ2v) is 6.41. The van der Waals surface area contributed by atoms with Gasteiger partial charge in [-0.05, 0) is 30.7 Å².